The van der Waals surface area contributed by atoms with E-state index in [0.29, 0.717) is 0 Å². The topological polar surface area (TPSA) is 74.6 Å². The summed E-state index contributed by atoms with van der Waals surface area (Å²) in [4.78, 5) is 21.6. The van der Waals surface area contributed by atoms with Gasteiger partial charge in [-0.2, -0.15) is 0 Å². The van der Waals surface area contributed by atoms with Gasteiger partial charge < -0.3 is 10.2 Å². The average molecular weight is 214 g/mol. The van der Waals surface area contributed by atoms with Crippen molar-refractivity contribution in [3.63, 3.8) is 0 Å². The van der Waals surface area contributed by atoms with Gasteiger partial charge in [-0.05, 0) is 12.1 Å². The molecule has 0 fully saturated rings. The molecule has 0 aromatic heterocycles. The number of rotatable bonds is 2. The third kappa shape index (κ3) is 1.73. The van der Waals surface area contributed by atoms with Gasteiger partial charge in [0.15, 0.2) is 0 Å². The molecule has 1 aromatic carbocycles. The van der Waals surface area contributed by atoms with Crippen molar-refractivity contribution >= 4 is 11.9 Å². The van der Waals surface area contributed by atoms with E-state index < -0.39 is 11.9 Å². The van der Waals surface area contributed by atoms with Crippen LogP contribution in [0.25, 0.3) is 0 Å². The van der Waals surface area contributed by atoms with E-state index in [1.165, 1.54) is 0 Å². The van der Waals surface area contributed by atoms with Crippen LogP contribution in [-0.2, 0) is 0 Å². The average Bonchev–Trinajstić information content (AvgIpc) is 2.26. The number of hydrogen-bond acceptors (Lipinski definition) is 2. The van der Waals surface area contributed by atoms with E-state index in [2.05, 4.69) is 11.8 Å². The van der Waals surface area contributed by atoms with Crippen LogP contribution in [0.15, 0.2) is 12.1 Å². The van der Waals surface area contributed by atoms with Crippen molar-refractivity contribution in [2.75, 3.05) is 0 Å². The lowest BCUT2D eigenvalue weighted by Crippen LogP contribution is -2.08. The fraction of sp³-hybridized carbons (Fsp3) is 0. The Balaban J connectivity index is 3.69. The van der Waals surface area contributed by atoms with Gasteiger partial charge in [-0.25, -0.2) is 9.59 Å². The zero-order valence-electron chi connectivity index (χ0n) is 8.02. The molecule has 0 aliphatic carbocycles. The number of carbonyl (C=O) groups is 2. The first kappa shape index (κ1) is 11.4. The van der Waals surface area contributed by atoms with Crippen LogP contribution in [0.1, 0.15) is 31.8 Å². The summed E-state index contributed by atoms with van der Waals surface area (Å²) in [5, 5.41) is 17.7. The fourth-order valence-corrected chi connectivity index (χ4v) is 1.26. The highest BCUT2D eigenvalue weighted by Crippen LogP contribution is 2.18. The number of carboxylic acid groups (broad SMARTS) is 2. The molecule has 0 amide bonds. The molecule has 4 nitrogen and oxygen atoms in total. The maximum atomic E-state index is 10.8. The van der Waals surface area contributed by atoms with Crippen molar-refractivity contribution in [1.29, 1.82) is 0 Å². The second kappa shape index (κ2) is 4.20. The Bertz CT molecular complexity index is 505. The molecule has 0 unspecified atom stereocenters. The first-order valence-corrected chi connectivity index (χ1v) is 4.09. The summed E-state index contributed by atoms with van der Waals surface area (Å²) < 4.78 is 0. The molecule has 0 heterocycles. The van der Waals surface area contributed by atoms with Crippen LogP contribution < -0.4 is 0 Å². The van der Waals surface area contributed by atoms with Crippen LogP contribution in [0, 0.1) is 24.7 Å². The van der Waals surface area contributed by atoms with Crippen LogP contribution in [0.2, 0.25) is 0 Å². The van der Waals surface area contributed by atoms with E-state index in [0.717, 1.165) is 12.1 Å². The van der Waals surface area contributed by atoms with Crippen molar-refractivity contribution in [3.8, 4) is 24.7 Å². The Morgan fingerprint density at radius 1 is 0.938 bits per heavy atom. The van der Waals surface area contributed by atoms with Crippen LogP contribution in [-0.4, -0.2) is 22.2 Å². The Kier molecular flexibility index (Phi) is 2.98. The Labute approximate surface area is 91.5 Å². The van der Waals surface area contributed by atoms with E-state index in [1.807, 2.05) is 0 Å². The molecule has 2 N–H and O–H groups in total. The SMILES string of the molecule is C#Cc1c(C(=O)O)ccc(C(=O)O)c1C#C. The lowest BCUT2D eigenvalue weighted by molar-refractivity contribution is 0.0680. The van der Waals surface area contributed by atoms with E-state index >= 15 is 0 Å². The second-order valence-electron chi connectivity index (χ2n) is 2.81. The Morgan fingerprint density at radius 2 is 1.25 bits per heavy atom. The zero-order chi connectivity index (χ0) is 12.3. The van der Waals surface area contributed by atoms with Crippen molar-refractivity contribution in [2.24, 2.45) is 0 Å². The predicted molar refractivity (Wildman–Crippen MR) is 56.2 cm³/mol. The molecular formula is C12H6O4. The minimum Gasteiger partial charge on any atom is -0.478 e. The first-order chi connectivity index (χ1) is 7.52. The van der Waals surface area contributed by atoms with E-state index in [4.69, 9.17) is 23.1 Å². The van der Waals surface area contributed by atoms with Gasteiger partial charge in [0.05, 0.1) is 22.3 Å². The van der Waals surface area contributed by atoms with Crippen LogP contribution >= 0.6 is 0 Å². The Hall–Kier alpha value is -2.72. The van der Waals surface area contributed by atoms with Gasteiger partial charge in [0.1, 0.15) is 0 Å². The second-order valence-corrected chi connectivity index (χ2v) is 2.81. The monoisotopic (exact) mass is 214 g/mol. The molecule has 78 valence electrons. The molecule has 4 heteroatoms. The minimum atomic E-state index is -1.25. The van der Waals surface area contributed by atoms with Gasteiger partial charge in [-0.3, -0.25) is 0 Å². The normalized spacial score (nSPS) is 8.88. The van der Waals surface area contributed by atoms with Gasteiger partial charge in [-0.15, -0.1) is 12.8 Å². The third-order valence-electron chi connectivity index (χ3n) is 1.95. The number of carboxylic acids is 2. The number of benzene rings is 1. The maximum absolute atomic E-state index is 10.8. The zero-order valence-corrected chi connectivity index (χ0v) is 8.02. The molecule has 0 aliphatic rings. The highest BCUT2D eigenvalue weighted by molar-refractivity contribution is 5.97. The van der Waals surface area contributed by atoms with Crippen LogP contribution in [0.4, 0.5) is 0 Å². The molecule has 0 bridgehead atoms. The van der Waals surface area contributed by atoms with Gasteiger partial charge in [0, 0.05) is 0 Å². The van der Waals surface area contributed by atoms with Crippen molar-refractivity contribution in [3.05, 3.63) is 34.4 Å². The quantitative estimate of drug-likeness (QED) is 0.721. The highest BCUT2D eigenvalue weighted by atomic mass is 16.4. The molecule has 0 radical (unpaired) electrons. The molecule has 0 atom stereocenters. The number of terminal acetylenes is 2. The summed E-state index contributed by atoms with van der Waals surface area (Å²) in [6.07, 6.45) is 10.3. The van der Waals surface area contributed by atoms with E-state index in [1.54, 1.807) is 0 Å². The molecule has 0 aliphatic heterocycles. The van der Waals surface area contributed by atoms with Crippen LogP contribution in [0.3, 0.4) is 0 Å². The smallest absolute Gasteiger partial charge is 0.337 e. The van der Waals surface area contributed by atoms with Crippen molar-refractivity contribution in [1.82, 2.24) is 0 Å². The summed E-state index contributed by atoms with van der Waals surface area (Å²) in [6.45, 7) is 0. The van der Waals surface area contributed by atoms with Gasteiger partial charge in [0.2, 0.25) is 0 Å². The minimum absolute atomic E-state index is 0.0881. The molecule has 0 spiro atoms. The highest BCUT2D eigenvalue weighted by Gasteiger charge is 2.18. The van der Waals surface area contributed by atoms with Gasteiger partial charge in [0.25, 0.3) is 0 Å². The largest absolute Gasteiger partial charge is 0.478 e. The summed E-state index contributed by atoms with van der Waals surface area (Å²) in [6, 6.07) is 2.25. The summed E-state index contributed by atoms with van der Waals surface area (Å²) in [5.74, 6) is 1.71. The predicted octanol–water partition coefficient (Wildman–Crippen LogP) is 1.05. The van der Waals surface area contributed by atoms with Gasteiger partial charge in [-0.1, -0.05) is 11.8 Å². The molecule has 1 aromatic rings. The summed E-state index contributed by atoms with van der Waals surface area (Å²) in [5.41, 5.74) is -0.536. The lowest BCUT2D eigenvalue weighted by Gasteiger charge is -2.05. The lowest BCUT2D eigenvalue weighted by atomic mass is 9.96. The third-order valence-corrected chi connectivity index (χ3v) is 1.95. The van der Waals surface area contributed by atoms with Gasteiger partial charge >= 0.3 is 11.9 Å². The summed E-state index contributed by atoms with van der Waals surface area (Å²) in [7, 11) is 0. The first-order valence-electron chi connectivity index (χ1n) is 4.09. The summed E-state index contributed by atoms with van der Waals surface area (Å²) >= 11 is 0. The van der Waals surface area contributed by atoms with Crippen LogP contribution in [0.5, 0.6) is 0 Å². The Morgan fingerprint density at radius 3 is 1.44 bits per heavy atom. The van der Waals surface area contributed by atoms with E-state index in [9.17, 15) is 9.59 Å². The molecule has 16 heavy (non-hydrogen) atoms. The van der Waals surface area contributed by atoms with E-state index in [-0.39, 0.29) is 22.3 Å². The molecule has 1 rings (SSSR count). The molecule has 0 saturated carbocycles. The number of aromatic carboxylic acids is 2. The fourth-order valence-electron chi connectivity index (χ4n) is 1.26. The van der Waals surface area contributed by atoms with Crippen molar-refractivity contribution < 1.29 is 19.8 Å². The standard InChI is InChI=1S/C12H6O4/c1-3-7-8(4-2)10(12(15)16)6-5-9(7)11(13)14/h1-2,5-6H,(H,13,14)(H,15,16). The molecule has 0 saturated heterocycles. The number of hydrogen-bond donors (Lipinski definition) is 2. The molecular weight excluding hydrogens is 208 g/mol. The van der Waals surface area contributed by atoms with Crippen molar-refractivity contribution in [2.45, 2.75) is 0 Å². The maximum Gasteiger partial charge on any atom is 0.337 e.